The van der Waals surface area contributed by atoms with E-state index in [9.17, 15) is 24.5 Å². The smallest absolute Gasteiger partial charge is 0.410 e. The van der Waals surface area contributed by atoms with Gasteiger partial charge in [-0.2, -0.15) is 0 Å². The zero-order valence-electron chi connectivity index (χ0n) is 20.1. The summed E-state index contributed by atoms with van der Waals surface area (Å²) in [6.45, 7) is 9.70. The van der Waals surface area contributed by atoms with Gasteiger partial charge in [-0.15, -0.1) is 10.1 Å². The molecule has 0 spiro atoms. The van der Waals surface area contributed by atoms with Crippen molar-refractivity contribution in [2.75, 3.05) is 19.6 Å². The van der Waals surface area contributed by atoms with E-state index in [2.05, 4.69) is 10.2 Å². The van der Waals surface area contributed by atoms with Crippen LogP contribution in [-0.4, -0.2) is 60.0 Å². The molecule has 0 aromatic heterocycles. The predicted octanol–water partition coefficient (Wildman–Crippen LogP) is 2.73. The number of carbonyl (C=O) groups excluding carboxylic acids is 3. The molecule has 2 unspecified atom stereocenters. The minimum Gasteiger partial charge on any atom is -0.424 e. The molecule has 188 valence electrons. The zero-order valence-corrected chi connectivity index (χ0v) is 20.1. The van der Waals surface area contributed by atoms with Crippen molar-refractivity contribution in [3.8, 4) is 0 Å². The van der Waals surface area contributed by atoms with E-state index in [1.54, 1.807) is 18.7 Å². The quantitative estimate of drug-likeness (QED) is 0.209. The Kier molecular flexibility index (Phi) is 9.64. The third-order valence-corrected chi connectivity index (χ3v) is 5.79. The molecule has 1 saturated carbocycles. The number of carbonyl (C=O) groups is 3. The van der Waals surface area contributed by atoms with Gasteiger partial charge in [0.2, 0.25) is 18.3 Å². The number of benzene rings is 1. The summed E-state index contributed by atoms with van der Waals surface area (Å²) >= 11 is 0. The van der Waals surface area contributed by atoms with Crippen LogP contribution in [0.5, 0.6) is 0 Å². The van der Waals surface area contributed by atoms with Gasteiger partial charge in [-0.3, -0.25) is 9.63 Å². The zero-order chi connectivity index (χ0) is 25.4. The molecule has 11 nitrogen and oxygen atoms in total. The van der Waals surface area contributed by atoms with Crippen molar-refractivity contribution in [1.29, 1.82) is 0 Å². The van der Waals surface area contributed by atoms with E-state index >= 15 is 0 Å². The predicted molar refractivity (Wildman–Crippen MR) is 121 cm³/mol. The second kappa shape index (κ2) is 12.2. The van der Waals surface area contributed by atoms with Crippen molar-refractivity contribution in [2.24, 2.45) is 17.8 Å². The standard InChI is InChI=1S/C23H33N3O8/c1-6-25(7-2)21(27)19-17(18(19)16-11-9-8-10-12-16)13-24-23(29)33-15(5)32-22(28)20(14(3)4)34-26(30)31/h8-12,14-15,17-20H,6-7,13H2,1-5H3,(H,24,29)/t15?,17-,18?,19-,20-/m0/s1. The Hall–Kier alpha value is -3.37. The molecule has 0 saturated heterocycles. The minimum absolute atomic E-state index is 0.0177. The molecule has 2 rings (SSSR count). The van der Waals surface area contributed by atoms with Gasteiger partial charge in [-0.25, -0.2) is 9.59 Å². The molecule has 1 aliphatic carbocycles. The first-order valence-corrected chi connectivity index (χ1v) is 11.4. The van der Waals surface area contributed by atoms with Crippen LogP contribution >= 0.6 is 0 Å². The van der Waals surface area contributed by atoms with Crippen LogP contribution in [0, 0.1) is 27.9 Å². The van der Waals surface area contributed by atoms with Gasteiger partial charge in [0.1, 0.15) is 0 Å². The molecule has 0 radical (unpaired) electrons. The molecule has 1 aromatic rings. The van der Waals surface area contributed by atoms with Gasteiger partial charge >= 0.3 is 12.1 Å². The van der Waals surface area contributed by atoms with Crippen molar-refractivity contribution in [2.45, 2.75) is 52.9 Å². The summed E-state index contributed by atoms with van der Waals surface area (Å²) in [6.07, 6.45) is -3.56. The Morgan fingerprint density at radius 3 is 2.24 bits per heavy atom. The number of nitrogens with zero attached hydrogens (tertiary/aromatic N) is 2. The first-order valence-electron chi connectivity index (χ1n) is 11.4. The van der Waals surface area contributed by atoms with Gasteiger partial charge in [-0.1, -0.05) is 44.2 Å². The molecular weight excluding hydrogens is 446 g/mol. The molecule has 1 N–H and O–H groups in total. The van der Waals surface area contributed by atoms with E-state index in [-0.39, 0.29) is 30.2 Å². The van der Waals surface area contributed by atoms with E-state index in [1.807, 2.05) is 44.2 Å². The first-order chi connectivity index (χ1) is 16.1. The average molecular weight is 480 g/mol. The van der Waals surface area contributed by atoms with E-state index in [0.717, 1.165) is 5.56 Å². The maximum atomic E-state index is 13.0. The monoisotopic (exact) mass is 479 g/mol. The second-order valence-corrected chi connectivity index (χ2v) is 8.42. The van der Waals surface area contributed by atoms with Crippen molar-refractivity contribution in [3.05, 3.63) is 46.0 Å². The van der Waals surface area contributed by atoms with Crippen molar-refractivity contribution >= 4 is 18.0 Å². The van der Waals surface area contributed by atoms with Crippen LogP contribution in [0.15, 0.2) is 30.3 Å². The van der Waals surface area contributed by atoms with Gasteiger partial charge in [-0.05, 0) is 31.2 Å². The Morgan fingerprint density at radius 1 is 1.09 bits per heavy atom. The normalized spacial score (nSPS) is 20.6. The van der Waals surface area contributed by atoms with Crippen LogP contribution in [-0.2, 0) is 23.9 Å². The van der Waals surface area contributed by atoms with E-state index in [1.165, 1.54) is 6.92 Å². The topological polar surface area (TPSA) is 137 Å². The minimum atomic E-state index is -1.44. The molecule has 11 heteroatoms. The first kappa shape index (κ1) is 26.9. The highest BCUT2D eigenvalue weighted by atomic mass is 17.0. The number of esters is 1. The van der Waals surface area contributed by atoms with E-state index in [0.29, 0.717) is 13.1 Å². The largest absolute Gasteiger partial charge is 0.424 e. The molecule has 0 heterocycles. The molecule has 1 fully saturated rings. The summed E-state index contributed by atoms with van der Waals surface area (Å²) in [6, 6.07) is 9.65. The number of hydrogen-bond acceptors (Lipinski definition) is 8. The highest BCUT2D eigenvalue weighted by Crippen LogP contribution is 2.54. The molecule has 0 aliphatic heterocycles. The van der Waals surface area contributed by atoms with Crippen molar-refractivity contribution < 1.29 is 33.8 Å². The van der Waals surface area contributed by atoms with Crippen molar-refractivity contribution in [1.82, 2.24) is 10.2 Å². The van der Waals surface area contributed by atoms with E-state index in [4.69, 9.17) is 9.47 Å². The Morgan fingerprint density at radius 2 is 1.71 bits per heavy atom. The number of amides is 2. The van der Waals surface area contributed by atoms with Crippen LogP contribution in [0.4, 0.5) is 4.79 Å². The summed E-state index contributed by atoms with van der Waals surface area (Å²) < 4.78 is 10.0. The average Bonchev–Trinajstić information content (AvgIpc) is 3.51. The SMILES string of the molecule is CCN(CC)C(=O)[C@@H]1C(c2ccccc2)[C@@H]1CNC(=O)OC(C)OC(=O)[C@@H](O[N+](=O)[O-])C(C)C. The van der Waals surface area contributed by atoms with Crippen molar-refractivity contribution in [3.63, 3.8) is 0 Å². The van der Waals surface area contributed by atoms with Crippen LogP contribution < -0.4 is 5.32 Å². The van der Waals surface area contributed by atoms with Crippen LogP contribution in [0.25, 0.3) is 0 Å². The van der Waals surface area contributed by atoms with Crippen LogP contribution in [0.2, 0.25) is 0 Å². The molecule has 34 heavy (non-hydrogen) atoms. The highest BCUT2D eigenvalue weighted by molar-refractivity contribution is 5.84. The number of ether oxygens (including phenoxy) is 2. The Bertz CT molecular complexity index is 859. The summed E-state index contributed by atoms with van der Waals surface area (Å²) in [4.78, 5) is 54.0. The van der Waals surface area contributed by atoms with Gasteiger partial charge in [0.05, 0.1) is 5.92 Å². The number of rotatable bonds is 12. The van der Waals surface area contributed by atoms with Crippen LogP contribution in [0.3, 0.4) is 0 Å². The van der Waals surface area contributed by atoms with Gasteiger partial charge in [0, 0.05) is 32.5 Å². The Labute approximate surface area is 198 Å². The fourth-order valence-corrected chi connectivity index (χ4v) is 4.02. The molecule has 0 bridgehead atoms. The maximum Gasteiger partial charge on any atom is 0.410 e. The maximum absolute atomic E-state index is 13.0. The third-order valence-electron chi connectivity index (χ3n) is 5.79. The molecule has 5 atom stereocenters. The highest BCUT2D eigenvalue weighted by Gasteiger charge is 2.56. The second-order valence-electron chi connectivity index (χ2n) is 8.42. The number of alkyl carbamates (subject to hydrolysis) is 1. The lowest BCUT2D eigenvalue weighted by Crippen LogP contribution is -2.38. The summed E-state index contributed by atoms with van der Waals surface area (Å²) in [5.74, 6) is -1.85. The Balaban J connectivity index is 1.93. The molecule has 1 aliphatic rings. The summed E-state index contributed by atoms with van der Waals surface area (Å²) in [5, 5.41) is 12.1. The molecule has 1 aromatic carbocycles. The lowest BCUT2D eigenvalue weighted by atomic mass is 10.1. The van der Waals surface area contributed by atoms with Gasteiger partial charge in [0.15, 0.2) is 0 Å². The van der Waals surface area contributed by atoms with E-state index < -0.39 is 35.5 Å². The number of nitrogens with one attached hydrogen (secondary N) is 1. The summed E-state index contributed by atoms with van der Waals surface area (Å²) in [7, 11) is 0. The number of hydrogen-bond donors (Lipinski definition) is 1. The van der Waals surface area contributed by atoms with Gasteiger partial charge < -0.3 is 19.7 Å². The fraction of sp³-hybridized carbons (Fsp3) is 0.609. The summed E-state index contributed by atoms with van der Waals surface area (Å²) in [5.41, 5.74) is 1.03. The molecular formula is C23H33N3O8. The lowest BCUT2D eigenvalue weighted by molar-refractivity contribution is -0.766. The van der Waals surface area contributed by atoms with Crippen LogP contribution in [0.1, 0.15) is 46.1 Å². The lowest BCUT2D eigenvalue weighted by Gasteiger charge is -2.20. The van der Waals surface area contributed by atoms with Gasteiger partial charge in [0.25, 0.3) is 5.09 Å². The third kappa shape index (κ3) is 7.06. The fourth-order valence-electron chi connectivity index (χ4n) is 4.02. The molecule has 2 amide bonds.